The van der Waals surface area contributed by atoms with Crippen LogP contribution in [0.15, 0.2) is 0 Å². The summed E-state index contributed by atoms with van der Waals surface area (Å²) >= 11 is 0. The Hall–Kier alpha value is -0.570. The van der Waals surface area contributed by atoms with Crippen molar-refractivity contribution in [1.29, 1.82) is 0 Å². The molecule has 0 spiro atoms. The van der Waals surface area contributed by atoms with Crippen molar-refractivity contribution in [2.45, 2.75) is 58.5 Å². The number of aliphatic hydroxyl groups excluding tert-OH is 1. The van der Waals surface area contributed by atoms with E-state index in [0.29, 0.717) is 13.0 Å². The van der Waals surface area contributed by atoms with Crippen molar-refractivity contribution < 1.29 is 9.90 Å². The first-order valence-electron chi connectivity index (χ1n) is 6.07. The third-order valence-electron chi connectivity index (χ3n) is 3.57. The van der Waals surface area contributed by atoms with Gasteiger partial charge < -0.3 is 10.4 Å². The van der Waals surface area contributed by atoms with Gasteiger partial charge in [0.15, 0.2) is 0 Å². The van der Waals surface area contributed by atoms with Gasteiger partial charge in [-0.1, -0.05) is 19.8 Å². The van der Waals surface area contributed by atoms with E-state index in [-0.39, 0.29) is 17.4 Å². The number of carbonyl (C=O) groups excluding carboxylic acids is 1. The number of carbonyl (C=O) groups is 1. The van der Waals surface area contributed by atoms with Gasteiger partial charge in [-0.2, -0.15) is 0 Å². The number of nitrogens with one attached hydrogen (secondary N) is 1. The highest BCUT2D eigenvalue weighted by molar-refractivity contribution is 5.82. The van der Waals surface area contributed by atoms with Crippen molar-refractivity contribution in [3.8, 4) is 0 Å². The zero-order valence-electron chi connectivity index (χ0n) is 9.88. The van der Waals surface area contributed by atoms with Gasteiger partial charge in [-0.25, -0.2) is 0 Å². The number of rotatable bonds is 5. The van der Waals surface area contributed by atoms with Crippen LogP contribution in [0.1, 0.15) is 52.4 Å². The molecule has 3 nitrogen and oxygen atoms in total. The lowest BCUT2D eigenvalue weighted by atomic mass is 9.82. The maximum absolute atomic E-state index is 12.0. The summed E-state index contributed by atoms with van der Waals surface area (Å²) in [6, 6.07) is 0. The third kappa shape index (κ3) is 3.20. The Morgan fingerprint density at radius 2 is 2.07 bits per heavy atom. The van der Waals surface area contributed by atoms with E-state index in [2.05, 4.69) is 12.2 Å². The van der Waals surface area contributed by atoms with E-state index in [4.69, 9.17) is 5.11 Å². The second kappa shape index (κ2) is 5.50. The van der Waals surface area contributed by atoms with Crippen LogP contribution in [0.5, 0.6) is 0 Å². The van der Waals surface area contributed by atoms with Crippen LogP contribution in [0.25, 0.3) is 0 Å². The first-order chi connectivity index (χ1) is 7.10. The summed E-state index contributed by atoms with van der Waals surface area (Å²) in [5, 5.41) is 12.0. The van der Waals surface area contributed by atoms with Gasteiger partial charge in [0.2, 0.25) is 5.91 Å². The SMILES string of the molecule is CCC1(C(=O)NCCC(C)O)CCCC1. The van der Waals surface area contributed by atoms with Crippen molar-refractivity contribution in [2.24, 2.45) is 5.41 Å². The molecule has 0 radical (unpaired) electrons. The van der Waals surface area contributed by atoms with Crippen molar-refractivity contribution in [2.75, 3.05) is 6.54 Å². The molecule has 0 aliphatic heterocycles. The van der Waals surface area contributed by atoms with Gasteiger partial charge in [-0.3, -0.25) is 4.79 Å². The van der Waals surface area contributed by atoms with E-state index < -0.39 is 0 Å². The average Bonchev–Trinajstić information content (AvgIpc) is 2.66. The quantitative estimate of drug-likeness (QED) is 0.732. The second-order valence-electron chi connectivity index (χ2n) is 4.73. The average molecular weight is 213 g/mol. The Morgan fingerprint density at radius 3 is 2.53 bits per heavy atom. The first-order valence-corrected chi connectivity index (χ1v) is 6.07. The fourth-order valence-electron chi connectivity index (χ4n) is 2.38. The summed E-state index contributed by atoms with van der Waals surface area (Å²) in [6.45, 7) is 4.44. The van der Waals surface area contributed by atoms with Crippen molar-refractivity contribution in [1.82, 2.24) is 5.32 Å². The molecular formula is C12H23NO2. The van der Waals surface area contributed by atoms with Gasteiger partial charge >= 0.3 is 0 Å². The van der Waals surface area contributed by atoms with Crippen LogP contribution in [0, 0.1) is 5.41 Å². The van der Waals surface area contributed by atoms with Crippen LogP contribution in [-0.4, -0.2) is 23.7 Å². The maximum atomic E-state index is 12.0. The molecule has 0 aromatic carbocycles. The molecule has 3 heteroatoms. The summed E-state index contributed by atoms with van der Waals surface area (Å²) in [4.78, 5) is 12.0. The number of aliphatic hydroxyl groups is 1. The number of hydrogen-bond donors (Lipinski definition) is 2. The number of hydrogen-bond acceptors (Lipinski definition) is 2. The lowest BCUT2D eigenvalue weighted by Crippen LogP contribution is -2.39. The topological polar surface area (TPSA) is 49.3 Å². The molecule has 0 saturated heterocycles. The molecule has 15 heavy (non-hydrogen) atoms. The third-order valence-corrected chi connectivity index (χ3v) is 3.57. The molecule has 0 aromatic heterocycles. The molecule has 2 N–H and O–H groups in total. The Balaban J connectivity index is 2.37. The van der Waals surface area contributed by atoms with Gasteiger partial charge in [0.1, 0.15) is 0 Å². The minimum absolute atomic E-state index is 0.0985. The van der Waals surface area contributed by atoms with Gasteiger partial charge in [0.05, 0.1) is 6.10 Å². The normalized spacial score (nSPS) is 21.3. The highest BCUT2D eigenvalue weighted by Gasteiger charge is 2.38. The fourth-order valence-corrected chi connectivity index (χ4v) is 2.38. The van der Waals surface area contributed by atoms with E-state index in [0.717, 1.165) is 19.3 Å². The van der Waals surface area contributed by atoms with Crippen LogP contribution in [-0.2, 0) is 4.79 Å². The summed E-state index contributed by atoms with van der Waals surface area (Å²) in [5.41, 5.74) is -0.0985. The fraction of sp³-hybridized carbons (Fsp3) is 0.917. The maximum Gasteiger partial charge on any atom is 0.226 e. The van der Waals surface area contributed by atoms with Crippen LogP contribution < -0.4 is 5.32 Å². The minimum atomic E-state index is -0.327. The molecule has 88 valence electrons. The molecule has 1 unspecified atom stereocenters. The van der Waals surface area contributed by atoms with Crippen molar-refractivity contribution in [3.63, 3.8) is 0 Å². The second-order valence-corrected chi connectivity index (χ2v) is 4.73. The molecule has 1 rings (SSSR count). The molecule has 1 aliphatic carbocycles. The summed E-state index contributed by atoms with van der Waals surface area (Å²) < 4.78 is 0. The Bertz CT molecular complexity index is 208. The van der Waals surface area contributed by atoms with E-state index in [1.54, 1.807) is 6.92 Å². The van der Waals surface area contributed by atoms with E-state index >= 15 is 0 Å². The zero-order valence-corrected chi connectivity index (χ0v) is 9.88. The molecule has 1 atom stereocenters. The van der Waals surface area contributed by atoms with Gasteiger partial charge in [0, 0.05) is 12.0 Å². The van der Waals surface area contributed by atoms with Crippen LogP contribution in [0.2, 0.25) is 0 Å². The van der Waals surface area contributed by atoms with E-state index in [1.165, 1.54) is 12.8 Å². The predicted octanol–water partition coefficient (Wildman–Crippen LogP) is 1.84. The van der Waals surface area contributed by atoms with Crippen molar-refractivity contribution >= 4 is 5.91 Å². The molecule has 1 amide bonds. The lowest BCUT2D eigenvalue weighted by molar-refractivity contribution is -0.131. The molecule has 0 aromatic rings. The highest BCUT2D eigenvalue weighted by atomic mass is 16.3. The monoisotopic (exact) mass is 213 g/mol. The van der Waals surface area contributed by atoms with Crippen LogP contribution >= 0.6 is 0 Å². The molecule has 0 bridgehead atoms. The molecule has 1 fully saturated rings. The first kappa shape index (κ1) is 12.5. The minimum Gasteiger partial charge on any atom is -0.393 e. The lowest BCUT2D eigenvalue weighted by Gasteiger charge is -2.26. The van der Waals surface area contributed by atoms with E-state index in [9.17, 15) is 4.79 Å². The Morgan fingerprint density at radius 1 is 1.47 bits per heavy atom. The van der Waals surface area contributed by atoms with Gasteiger partial charge in [-0.05, 0) is 32.6 Å². The standard InChI is InChI=1S/C12H23NO2/c1-3-12(7-4-5-8-12)11(15)13-9-6-10(2)14/h10,14H,3-9H2,1-2H3,(H,13,15). The summed E-state index contributed by atoms with van der Waals surface area (Å²) in [7, 11) is 0. The summed E-state index contributed by atoms with van der Waals surface area (Å²) in [6.07, 6.45) is 5.68. The zero-order chi connectivity index (χ0) is 11.3. The Kier molecular flexibility index (Phi) is 4.58. The summed E-state index contributed by atoms with van der Waals surface area (Å²) in [5.74, 6) is 0.197. The van der Waals surface area contributed by atoms with E-state index in [1.807, 2.05) is 0 Å². The van der Waals surface area contributed by atoms with Crippen LogP contribution in [0.3, 0.4) is 0 Å². The molecular weight excluding hydrogens is 190 g/mol. The van der Waals surface area contributed by atoms with Crippen LogP contribution in [0.4, 0.5) is 0 Å². The molecule has 1 saturated carbocycles. The largest absolute Gasteiger partial charge is 0.393 e. The van der Waals surface area contributed by atoms with Crippen molar-refractivity contribution in [3.05, 3.63) is 0 Å². The highest BCUT2D eigenvalue weighted by Crippen LogP contribution is 2.40. The van der Waals surface area contributed by atoms with Gasteiger partial charge in [-0.15, -0.1) is 0 Å². The molecule has 1 aliphatic rings. The predicted molar refractivity (Wildman–Crippen MR) is 60.5 cm³/mol. The Labute approximate surface area is 92.3 Å². The number of amides is 1. The van der Waals surface area contributed by atoms with Gasteiger partial charge in [0.25, 0.3) is 0 Å². The smallest absolute Gasteiger partial charge is 0.226 e. The molecule has 0 heterocycles.